The molecule has 0 aromatic heterocycles. The number of hydrogen-bond donors (Lipinski definition) is 1. The van der Waals surface area contributed by atoms with E-state index in [9.17, 15) is 9.59 Å². The summed E-state index contributed by atoms with van der Waals surface area (Å²) in [4.78, 5) is 24.7. The van der Waals surface area contributed by atoms with Crippen molar-refractivity contribution in [3.8, 4) is 0 Å². The van der Waals surface area contributed by atoms with Crippen molar-refractivity contribution in [1.29, 1.82) is 0 Å². The molecule has 1 amide bonds. The van der Waals surface area contributed by atoms with Crippen molar-refractivity contribution in [2.75, 3.05) is 13.1 Å². The molecule has 1 aromatic carbocycles. The van der Waals surface area contributed by atoms with Crippen LogP contribution in [0.1, 0.15) is 41.3 Å². The molecule has 2 rings (SSSR count). The van der Waals surface area contributed by atoms with Crippen molar-refractivity contribution in [1.82, 2.24) is 4.90 Å². The summed E-state index contributed by atoms with van der Waals surface area (Å²) in [5.41, 5.74) is 3.17. The van der Waals surface area contributed by atoms with Gasteiger partial charge in [-0.2, -0.15) is 0 Å². The first-order valence-corrected chi connectivity index (χ1v) is 6.75. The minimum absolute atomic E-state index is 0.00535. The van der Waals surface area contributed by atoms with E-state index >= 15 is 0 Å². The summed E-state index contributed by atoms with van der Waals surface area (Å²) in [7, 11) is 0. The van der Waals surface area contributed by atoms with Crippen molar-refractivity contribution < 1.29 is 14.7 Å². The van der Waals surface area contributed by atoms with Gasteiger partial charge in [-0.1, -0.05) is 12.1 Å². The van der Waals surface area contributed by atoms with Gasteiger partial charge < -0.3 is 10.0 Å². The number of benzene rings is 1. The van der Waals surface area contributed by atoms with Crippen molar-refractivity contribution >= 4 is 11.9 Å². The number of carboxylic acids is 1. The number of fused-ring (bicyclic) bond motifs is 1. The van der Waals surface area contributed by atoms with Gasteiger partial charge in [-0.15, -0.1) is 0 Å². The molecule has 0 spiro atoms. The van der Waals surface area contributed by atoms with Crippen LogP contribution in [-0.4, -0.2) is 35.0 Å². The van der Waals surface area contributed by atoms with Crippen LogP contribution in [-0.2, 0) is 17.6 Å². The van der Waals surface area contributed by atoms with Crippen LogP contribution in [0.5, 0.6) is 0 Å². The molecule has 0 aliphatic heterocycles. The van der Waals surface area contributed by atoms with Gasteiger partial charge in [0.05, 0.1) is 6.42 Å². The predicted molar refractivity (Wildman–Crippen MR) is 72.3 cm³/mol. The van der Waals surface area contributed by atoms with Crippen LogP contribution in [0, 0.1) is 0 Å². The van der Waals surface area contributed by atoms with Crippen molar-refractivity contribution in [2.24, 2.45) is 0 Å². The van der Waals surface area contributed by atoms with E-state index in [1.165, 1.54) is 5.56 Å². The minimum atomic E-state index is -0.871. The van der Waals surface area contributed by atoms with Crippen LogP contribution in [0.2, 0.25) is 0 Å². The fraction of sp³-hybridized carbons (Fsp3) is 0.467. The largest absolute Gasteiger partial charge is 0.481 e. The van der Waals surface area contributed by atoms with Gasteiger partial charge in [0.25, 0.3) is 5.91 Å². The third-order valence-corrected chi connectivity index (χ3v) is 3.64. The Morgan fingerprint density at radius 3 is 2.79 bits per heavy atom. The van der Waals surface area contributed by atoms with Gasteiger partial charge in [0.2, 0.25) is 0 Å². The van der Waals surface area contributed by atoms with E-state index in [2.05, 4.69) is 6.07 Å². The first-order chi connectivity index (χ1) is 9.13. The number of hydrogen-bond acceptors (Lipinski definition) is 2. The molecule has 1 aliphatic rings. The molecule has 0 saturated carbocycles. The first-order valence-electron chi connectivity index (χ1n) is 6.75. The highest BCUT2D eigenvalue weighted by Crippen LogP contribution is 2.26. The summed E-state index contributed by atoms with van der Waals surface area (Å²) in [6.45, 7) is 2.69. The number of carbonyl (C=O) groups excluding carboxylic acids is 1. The zero-order valence-electron chi connectivity index (χ0n) is 11.2. The lowest BCUT2D eigenvalue weighted by Gasteiger charge is -2.21. The molecule has 0 saturated heterocycles. The lowest BCUT2D eigenvalue weighted by molar-refractivity contribution is -0.137. The van der Waals surface area contributed by atoms with Crippen LogP contribution in [0.15, 0.2) is 18.2 Å². The van der Waals surface area contributed by atoms with Gasteiger partial charge in [0.15, 0.2) is 0 Å². The van der Waals surface area contributed by atoms with Crippen molar-refractivity contribution in [3.05, 3.63) is 34.9 Å². The highest BCUT2D eigenvalue weighted by Gasteiger charge is 2.22. The van der Waals surface area contributed by atoms with E-state index < -0.39 is 5.97 Å². The molecule has 1 aliphatic carbocycles. The van der Waals surface area contributed by atoms with Crippen LogP contribution >= 0.6 is 0 Å². The average molecular weight is 261 g/mol. The molecule has 0 bridgehead atoms. The first kappa shape index (κ1) is 13.6. The maximum absolute atomic E-state index is 12.5. The molecule has 0 radical (unpaired) electrons. The van der Waals surface area contributed by atoms with E-state index in [0.29, 0.717) is 6.54 Å². The van der Waals surface area contributed by atoms with Crippen LogP contribution in [0.3, 0.4) is 0 Å². The molecule has 0 atom stereocenters. The Morgan fingerprint density at radius 1 is 1.32 bits per heavy atom. The highest BCUT2D eigenvalue weighted by atomic mass is 16.4. The van der Waals surface area contributed by atoms with E-state index in [1.807, 2.05) is 19.1 Å². The minimum Gasteiger partial charge on any atom is -0.481 e. The van der Waals surface area contributed by atoms with Gasteiger partial charge >= 0.3 is 5.97 Å². The fourth-order valence-electron chi connectivity index (χ4n) is 2.62. The molecule has 1 N–H and O–H groups in total. The summed E-state index contributed by atoms with van der Waals surface area (Å²) in [5, 5.41) is 8.73. The van der Waals surface area contributed by atoms with Crippen molar-refractivity contribution in [2.45, 2.75) is 32.6 Å². The summed E-state index contributed by atoms with van der Waals surface area (Å²) in [6, 6.07) is 5.85. The molecule has 1 aromatic rings. The smallest absolute Gasteiger partial charge is 0.305 e. The molecular weight excluding hydrogens is 242 g/mol. The zero-order chi connectivity index (χ0) is 13.8. The van der Waals surface area contributed by atoms with Gasteiger partial charge in [0, 0.05) is 18.7 Å². The number of nitrogens with zero attached hydrogens (tertiary/aromatic N) is 1. The van der Waals surface area contributed by atoms with Gasteiger partial charge in [-0.05, 0) is 43.4 Å². The Kier molecular flexibility index (Phi) is 4.20. The third-order valence-electron chi connectivity index (χ3n) is 3.64. The average Bonchev–Trinajstić information content (AvgIpc) is 2.86. The summed E-state index contributed by atoms with van der Waals surface area (Å²) in [5.74, 6) is -0.910. The topological polar surface area (TPSA) is 57.6 Å². The van der Waals surface area contributed by atoms with E-state index in [0.717, 1.165) is 30.4 Å². The van der Waals surface area contributed by atoms with Crippen LogP contribution in [0.25, 0.3) is 0 Å². The normalized spacial score (nSPS) is 13.1. The second-order valence-electron chi connectivity index (χ2n) is 4.83. The Bertz CT molecular complexity index is 496. The fourth-order valence-corrected chi connectivity index (χ4v) is 2.62. The molecule has 0 heterocycles. The highest BCUT2D eigenvalue weighted by molar-refractivity contribution is 5.96. The Balaban J connectivity index is 2.18. The number of aliphatic carboxylic acids is 1. The van der Waals surface area contributed by atoms with Crippen LogP contribution < -0.4 is 0 Å². The maximum atomic E-state index is 12.5. The molecule has 0 fully saturated rings. The molecule has 19 heavy (non-hydrogen) atoms. The lowest BCUT2D eigenvalue weighted by Crippen LogP contribution is -2.33. The number of carbonyl (C=O) groups is 2. The van der Waals surface area contributed by atoms with Gasteiger partial charge in [-0.3, -0.25) is 9.59 Å². The number of amides is 1. The second-order valence-corrected chi connectivity index (χ2v) is 4.83. The standard InChI is InChI=1S/C15H19NO3/c1-2-16(10-9-14(17)18)15(19)13-8-4-6-11-5-3-7-12(11)13/h4,6,8H,2-3,5,7,9-10H2,1H3,(H,17,18). The van der Waals surface area contributed by atoms with Crippen molar-refractivity contribution in [3.63, 3.8) is 0 Å². The molecule has 0 unspecified atom stereocenters. The quantitative estimate of drug-likeness (QED) is 0.883. The number of carboxylic acid groups (broad SMARTS) is 1. The maximum Gasteiger partial charge on any atom is 0.305 e. The number of aryl methyl sites for hydroxylation is 1. The number of rotatable bonds is 5. The molecule has 4 heteroatoms. The Morgan fingerprint density at radius 2 is 2.11 bits per heavy atom. The Labute approximate surface area is 113 Å². The predicted octanol–water partition coefficient (Wildman–Crippen LogP) is 2.11. The van der Waals surface area contributed by atoms with E-state index in [1.54, 1.807) is 4.90 Å². The lowest BCUT2D eigenvalue weighted by atomic mass is 10.0. The van der Waals surface area contributed by atoms with E-state index in [4.69, 9.17) is 5.11 Å². The van der Waals surface area contributed by atoms with Crippen LogP contribution in [0.4, 0.5) is 0 Å². The molecule has 102 valence electrons. The van der Waals surface area contributed by atoms with E-state index in [-0.39, 0.29) is 18.9 Å². The summed E-state index contributed by atoms with van der Waals surface area (Å²) >= 11 is 0. The Hall–Kier alpha value is -1.84. The monoisotopic (exact) mass is 261 g/mol. The third kappa shape index (κ3) is 2.95. The molecular formula is C15H19NO3. The zero-order valence-corrected chi connectivity index (χ0v) is 11.2. The van der Waals surface area contributed by atoms with Gasteiger partial charge in [0.1, 0.15) is 0 Å². The summed E-state index contributed by atoms with van der Waals surface area (Å²) in [6.07, 6.45) is 3.08. The van der Waals surface area contributed by atoms with Gasteiger partial charge in [-0.25, -0.2) is 0 Å². The SMILES string of the molecule is CCN(CCC(=O)O)C(=O)c1cccc2c1CCC2. The second kappa shape index (κ2) is 5.87. The molecule has 4 nitrogen and oxygen atoms in total. The summed E-state index contributed by atoms with van der Waals surface area (Å²) < 4.78 is 0.